The van der Waals surface area contributed by atoms with E-state index in [1.54, 1.807) is 24.1 Å². The van der Waals surface area contributed by atoms with Gasteiger partial charge >= 0.3 is 0 Å². The molecule has 1 N–H and O–H groups in total. The van der Waals surface area contributed by atoms with Crippen molar-refractivity contribution in [3.8, 4) is 0 Å². The molecule has 2 aromatic rings. The van der Waals surface area contributed by atoms with Gasteiger partial charge < -0.3 is 24.1 Å². The first-order valence-corrected chi connectivity index (χ1v) is 11.1. The Morgan fingerprint density at radius 2 is 1.85 bits per heavy atom. The van der Waals surface area contributed by atoms with Gasteiger partial charge in [0.05, 0.1) is 19.5 Å². The van der Waals surface area contributed by atoms with Crippen molar-refractivity contribution in [2.75, 3.05) is 40.0 Å². The molecule has 0 radical (unpaired) electrons. The van der Waals surface area contributed by atoms with Crippen molar-refractivity contribution in [2.24, 2.45) is 0 Å². The molecule has 0 bridgehead atoms. The Balaban J connectivity index is 1.51. The average Bonchev–Trinajstić information content (AvgIpc) is 3.48. The number of carbonyl (C=O) groups is 3. The number of ether oxygens (including phenoxy) is 2. The van der Waals surface area contributed by atoms with Gasteiger partial charge in [0.1, 0.15) is 11.8 Å². The summed E-state index contributed by atoms with van der Waals surface area (Å²) >= 11 is 0. The van der Waals surface area contributed by atoms with Crippen LogP contribution in [0.3, 0.4) is 0 Å². The number of nitrogens with one attached hydrogen (secondary N) is 1. The molecular formula is C24H29N3O6. The number of likely N-dealkylation sites (tertiary alicyclic amines) is 1. The third-order valence-electron chi connectivity index (χ3n) is 6.25. The van der Waals surface area contributed by atoms with E-state index < -0.39 is 17.7 Å². The van der Waals surface area contributed by atoms with Crippen LogP contribution in [0.5, 0.6) is 0 Å². The molecule has 3 amide bonds. The summed E-state index contributed by atoms with van der Waals surface area (Å²) in [6.07, 6.45) is 2.23. The van der Waals surface area contributed by atoms with Crippen LogP contribution in [0, 0.1) is 6.92 Å². The second-order valence-electron chi connectivity index (χ2n) is 8.37. The number of piperidine rings is 1. The monoisotopic (exact) mass is 455 g/mol. The number of hydrogen-bond acceptors (Lipinski definition) is 6. The fourth-order valence-corrected chi connectivity index (χ4v) is 4.42. The minimum absolute atomic E-state index is 0.0550. The molecule has 2 saturated heterocycles. The average molecular weight is 456 g/mol. The molecule has 4 rings (SSSR count). The molecule has 33 heavy (non-hydrogen) atoms. The van der Waals surface area contributed by atoms with Gasteiger partial charge in [-0.3, -0.25) is 19.3 Å². The first-order valence-electron chi connectivity index (χ1n) is 11.1. The molecule has 1 spiro atoms. The third-order valence-corrected chi connectivity index (χ3v) is 6.25. The van der Waals surface area contributed by atoms with Crippen molar-refractivity contribution < 1.29 is 28.3 Å². The largest absolute Gasteiger partial charge is 0.459 e. The fraction of sp³-hybridized carbons (Fsp3) is 0.458. The van der Waals surface area contributed by atoms with Gasteiger partial charge in [-0.05, 0) is 31.2 Å². The second-order valence-corrected chi connectivity index (χ2v) is 8.37. The number of rotatable bonds is 6. The SMILES string of the molecule is COCCNC(=O)C1COC2(CCN(C(=O)c3ccc(C)cc3)CC2)N1C(=O)c1ccco1. The maximum Gasteiger partial charge on any atom is 0.292 e. The standard InChI is InChI=1S/C24H29N3O6/c1-17-5-7-18(8-6-17)22(29)26-12-9-24(10-13-26)27(23(30)20-4-3-14-32-20)19(16-33-24)21(28)25-11-15-31-2/h3-8,14,19H,9-13,15-16H2,1-2H3,(H,25,28). The van der Waals surface area contributed by atoms with Gasteiger partial charge in [0.2, 0.25) is 5.91 Å². The minimum Gasteiger partial charge on any atom is -0.459 e. The van der Waals surface area contributed by atoms with Gasteiger partial charge in [-0.2, -0.15) is 0 Å². The molecule has 176 valence electrons. The number of methoxy groups -OCH3 is 1. The quantitative estimate of drug-likeness (QED) is 0.667. The molecule has 1 unspecified atom stereocenters. The van der Waals surface area contributed by atoms with Crippen LogP contribution in [0.15, 0.2) is 47.1 Å². The smallest absolute Gasteiger partial charge is 0.292 e. The van der Waals surface area contributed by atoms with E-state index in [2.05, 4.69) is 5.32 Å². The second kappa shape index (κ2) is 9.76. The Bertz CT molecular complexity index is 980. The lowest BCUT2D eigenvalue weighted by molar-refractivity contribution is -0.128. The minimum atomic E-state index is -0.975. The topological polar surface area (TPSA) is 101 Å². The van der Waals surface area contributed by atoms with Crippen molar-refractivity contribution in [1.29, 1.82) is 0 Å². The van der Waals surface area contributed by atoms with Crippen LogP contribution in [-0.2, 0) is 14.3 Å². The van der Waals surface area contributed by atoms with Gasteiger partial charge in [0, 0.05) is 45.1 Å². The summed E-state index contributed by atoms with van der Waals surface area (Å²) < 4.78 is 16.5. The summed E-state index contributed by atoms with van der Waals surface area (Å²) in [5.41, 5.74) is 0.741. The number of aryl methyl sites for hydroxylation is 1. The molecule has 2 aliphatic heterocycles. The van der Waals surface area contributed by atoms with Crippen LogP contribution >= 0.6 is 0 Å². The number of hydrogen-bond donors (Lipinski definition) is 1. The Labute approximate surface area is 192 Å². The number of amides is 3. The van der Waals surface area contributed by atoms with Gasteiger partial charge in [-0.15, -0.1) is 0 Å². The summed E-state index contributed by atoms with van der Waals surface area (Å²) in [6, 6.07) is 9.88. The van der Waals surface area contributed by atoms with Crippen LogP contribution in [0.2, 0.25) is 0 Å². The fourth-order valence-electron chi connectivity index (χ4n) is 4.42. The van der Waals surface area contributed by atoms with Gasteiger partial charge in [-0.1, -0.05) is 17.7 Å². The van der Waals surface area contributed by atoms with E-state index in [0.29, 0.717) is 44.6 Å². The zero-order chi connectivity index (χ0) is 23.4. The van der Waals surface area contributed by atoms with E-state index in [1.165, 1.54) is 11.2 Å². The Hall–Kier alpha value is -3.17. The van der Waals surface area contributed by atoms with Crippen LogP contribution in [0.1, 0.15) is 39.3 Å². The van der Waals surface area contributed by atoms with E-state index in [9.17, 15) is 14.4 Å². The maximum atomic E-state index is 13.4. The van der Waals surface area contributed by atoms with Gasteiger partial charge in [0.25, 0.3) is 11.8 Å². The van der Waals surface area contributed by atoms with Crippen molar-refractivity contribution >= 4 is 17.7 Å². The first kappa shape index (κ1) is 23.0. The lowest BCUT2D eigenvalue weighted by atomic mass is 9.96. The molecular weight excluding hydrogens is 426 g/mol. The molecule has 0 aliphatic carbocycles. The predicted octanol–water partition coefficient (Wildman–Crippen LogP) is 1.82. The molecule has 2 fully saturated rings. The van der Waals surface area contributed by atoms with Crippen LogP contribution in [0.25, 0.3) is 0 Å². The lowest BCUT2D eigenvalue weighted by Crippen LogP contribution is -2.59. The van der Waals surface area contributed by atoms with Gasteiger partial charge in [-0.25, -0.2) is 0 Å². The predicted molar refractivity (Wildman–Crippen MR) is 119 cm³/mol. The third kappa shape index (κ3) is 4.65. The summed E-state index contributed by atoms with van der Waals surface area (Å²) in [5, 5.41) is 2.80. The number of furan rings is 1. The highest BCUT2D eigenvalue weighted by Crippen LogP contribution is 2.38. The van der Waals surface area contributed by atoms with E-state index in [0.717, 1.165) is 5.56 Å². The zero-order valence-electron chi connectivity index (χ0n) is 18.9. The Kier molecular flexibility index (Phi) is 6.80. The number of nitrogens with zero attached hydrogens (tertiary/aromatic N) is 2. The zero-order valence-corrected chi connectivity index (χ0v) is 18.9. The summed E-state index contributed by atoms with van der Waals surface area (Å²) in [6.45, 7) is 3.58. The van der Waals surface area contributed by atoms with E-state index >= 15 is 0 Å². The highest BCUT2D eigenvalue weighted by molar-refractivity contribution is 5.97. The molecule has 0 saturated carbocycles. The molecule has 9 heteroatoms. The molecule has 3 heterocycles. The molecule has 1 atom stereocenters. The highest BCUT2D eigenvalue weighted by atomic mass is 16.5. The Morgan fingerprint density at radius 3 is 2.48 bits per heavy atom. The maximum absolute atomic E-state index is 13.4. The van der Waals surface area contributed by atoms with Crippen molar-refractivity contribution in [1.82, 2.24) is 15.1 Å². The summed E-state index contributed by atoms with van der Waals surface area (Å²) in [5.74, 6) is -0.613. The highest BCUT2D eigenvalue weighted by Gasteiger charge is 2.54. The van der Waals surface area contributed by atoms with Crippen molar-refractivity contribution in [2.45, 2.75) is 31.5 Å². The normalized spacial score (nSPS) is 19.6. The molecule has 9 nitrogen and oxygen atoms in total. The van der Waals surface area contributed by atoms with Crippen LogP contribution < -0.4 is 5.32 Å². The van der Waals surface area contributed by atoms with Crippen LogP contribution in [-0.4, -0.2) is 79.2 Å². The number of benzene rings is 1. The van der Waals surface area contributed by atoms with E-state index in [1.807, 2.05) is 31.2 Å². The van der Waals surface area contributed by atoms with E-state index in [4.69, 9.17) is 13.9 Å². The van der Waals surface area contributed by atoms with Gasteiger partial charge in [0.15, 0.2) is 5.76 Å². The molecule has 2 aliphatic rings. The molecule has 1 aromatic carbocycles. The van der Waals surface area contributed by atoms with Crippen molar-refractivity contribution in [3.63, 3.8) is 0 Å². The Morgan fingerprint density at radius 1 is 1.12 bits per heavy atom. The number of carbonyl (C=O) groups excluding carboxylic acids is 3. The lowest BCUT2D eigenvalue weighted by Gasteiger charge is -2.44. The van der Waals surface area contributed by atoms with Crippen LogP contribution in [0.4, 0.5) is 0 Å². The van der Waals surface area contributed by atoms with E-state index in [-0.39, 0.29) is 24.2 Å². The first-order chi connectivity index (χ1) is 15.9. The summed E-state index contributed by atoms with van der Waals surface area (Å²) in [7, 11) is 1.55. The summed E-state index contributed by atoms with van der Waals surface area (Å²) in [4.78, 5) is 42.5. The molecule has 1 aromatic heterocycles. The van der Waals surface area contributed by atoms with Crippen molar-refractivity contribution in [3.05, 3.63) is 59.5 Å².